The molecule has 0 N–H and O–H groups in total. The van der Waals surface area contributed by atoms with E-state index in [0.717, 1.165) is 35.2 Å². The van der Waals surface area contributed by atoms with E-state index in [-0.39, 0.29) is 17.9 Å². The maximum absolute atomic E-state index is 12.2. The smallest absolute Gasteiger partial charge is 0.243 e. The van der Waals surface area contributed by atoms with Crippen LogP contribution in [0, 0.1) is 0 Å². The lowest BCUT2D eigenvalue weighted by atomic mass is 10.2. The Morgan fingerprint density at radius 2 is 2.22 bits per heavy atom. The molecule has 1 atom stereocenters. The Balaban J connectivity index is 1.81. The van der Waals surface area contributed by atoms with Crippen molar-refractivity contribution < 1.29 is 9.53 Å². The summed E-state index contributed by atoms with van der Waals surface area (Å²) in [5.74, 6) is -0.196. The van der Waals surface area contributed by atoms with E-state index < -0.39 is 0 Å². The summed E-state index contributed by atoms with van der Waals surface area (Å²) in [6.07, 6.45) is 2.08. The highest BCUT2D eigenvalue weighted by Gasteiger charge is 2.25. The summed E-state index contributed by atoms with van der Waals surface area (Å²) in [6.45, 7) is 1.27. The van der Waals surface area contributed by atoms with Gasteiger partial charge in [0, 0.05) is 22.0 Å². The second-order valence-electron chi connectivity index (χ2n) is 5.30. The van der Waals surface area contributed by atoms with Gasteiger partial charge in [0.2, 0.25) is 5.91 Å². The van der Waals surface area contributed by atoms with Gasteiger partial charge in [0.15, 0.2) is 5.13 Å². The van der Waals surface area contributed by atoms with Crippen LogP contribution in [0.1, 0.15) is 12.8 Å². The number of aromatic nitrogens is 1. The highest BCUT2D eigenvalue weighted by Crippen LogP contribution is 2.29. The van der Waals surface area contributed by atoms with Crippen molar-refractivity contribution in [3.05, 3.63) is 34.1 Å². The molecule has 1 amide bonds. The van der Waals surface area contributed by atoms with E-state index in [2.05, 4.69) is 20.9 Å². The molecule has 2 heterocycles. The van der Waals surface area contributed by atoms with Crippen molar-refractivity contribution in [2.24, 2.45) is 0 Å². The molecule has 0 unspecified atom stereocenters. The Morgan fingerprint density at radius 3 is 2.87 bits per heavy atom. The molecule has 3 rings (SSSR count). The summed E-state index contributed by atoms with van der Waals surface area (Å²) in [5, 5.41) is 2.63. The molecule has 1 aromatic heterocycles. The van der Waals surface area contributed by atoms with Crippen LogP contribution >= 0.6 is 38.9 Å². The number of halogens is 2. The van der Waals surface area contributed by atoms with Gasteiger partial charge < -0.3 is 4.74 Å². The van der Waals surface area contributed by atoms with Crippen LogP contribution in [-0.4, -0.2) is 36.0 Å². The normalized spacial score (nSPS) is 17.4. The van der Waals surface area contributed by atoms with Gasteiger partial charge in [-0.05, 0) is 25.0 Å². The van der Waals surface area contributed by atoms with Crippen LogP contribution in [0.25, 0.3) is 11.3 Å². The van der Waals surface area contributed by atoms with E-state index in [1.165, 1.54) is 11.3 Å². The summed E-state index contributed by atoms with van der Waals surface area (Å²) >= 11 is 10.6. The Bertz CT molecular complexity index is 671. The topological polar surface area (TPSA) is 42.4 Å². The fourth-order valence-corrected chi connectivity index (χ4v) is 3.76. The van der Waals surface area contributed by atoms with Crippen molar-refractivity contribution in [3.8, 4) is 11.3 Å². The number of amides is 1. The van der Waals surface area contributed by atoms with E-state index in [9.17, 15) is 4.79 Å². The number of nitrogens with zero attached hydrogens (tertiary/aromatic N) is 2. The fourth-order valence-electron chi connectivity index (χ4n) is 2.49. The molecule has 0 radical (unpaired) electrons. The standard InChI is InChI=1S/C16H16BrClN2O2S/c17-12-5-3-11(4-6-12)14-10-23-16(19-14)20(15(21)8-18)9-13-2-1-7-22-13/h3-6,10,13H,1-2,7-9H2/t13-/m0/s1. The number of alkyl halides is 1. The van der Waals surface area contributed by atoms with Crippen molar-refractivity contribution in [1.82, 2.24) is 4.98 Å². The number of carbonyl (C=O) groups excluding carboxylic acids is 1. The number of benzene rings is 1. The van der Waals surface area contributed by atoms with Gasteiger partial charge in [-0.25, -0.2) is 4.98 Å². The van der Waals surface area contributed by atoms with Crippen molar-refractivity contribution in [2.45, 2.75) is 18.9 Å². The summed E-state index contributed by atoms with van der Waals surface area (Å²) < 4.78 is 6.66. The molecule has 1 saturated heterocycles. The van der Waals surface area contributed by atoms with Crippen LogP contribution in [0.2, 0.25) is 0 Å². The van der Waals surface area contributed by atoms with Gasteiger partial charge in [0.1, 0.15) is 5.88 Å². The molecule has 0 bridgehead atoms. The molecule has 23 heavy (non-hydrogen) atoms. The minimum atomic E-state index is -0.140. The summed E-state index contributed by atoms with van der Waals surface area (Å²) in [7, 11) is 0. The lowest BCUT2D eigenvalue weighted by Crippen LogP contribution is -2.38. The average Bonchev–Trinajstić information content (AvgIpc) is 3.24. The van der Waals surface area contributed by atoms with Crippen molar-refractivity contribution in [3.63, 3.8) is 0 Å². The van der Waals surface area contributed by atoms with Gasteiger partial charge in [-0.2, -0.15) is 0 Å². The number of carbonyl (C=O) groups is 1. The number of thiazole rings is 1. The first-order valence-electron chi connectivity index (χ1n) is 7.37. The summed E-state index contributed by atoms with van der Waals surface area (Å²) in [5.41, 5.74) is 1.88. The number of ether oxygens (including phenoxy) is 1. The molecule has 1 aromatic carbocycles. The molecule has 1 fully saturated rings. The fraction of sp³-hybridized carbons (Fsp3) is 0.375. The van der Waals surface area contributed by atoms with Crippen molar-refractivity contribution >= 4 is 49.9 Å². The maximum Gasteiger partial charge on any atom is 0.243 e. The molecule has 1 aliphatic rings. The summed E-state index contributed by atoms with van der Waals surface area (Å²) in [4.78, 5) is 18.5. The SMILES string of the molecule is O=C(CCl)N(C[C@@H]1CCCO1)c1nc(-c2ccc(Br)cc2)cs1. The van der Waals surface area contributed by atoms with Crippen LogP contribution in [0.5, 0.6) is 0 Å². The van der Waals surface area contributed by atoms with E-state index in [0.29, 0.717) is 11.7 Å². The summed E-state index contributed by atoms with van der Waals surface area (Å²) in [6, 6.07) is 7.94. The van der Waals surface area contributed by atoms with E-state index in [4.69, 9.17) is 16.3 Å². The predicted octanol–water partition coefficient (Wildman–Crippen LogP) is 4.32. The second kappa shape index (κ2) is 7.75. The predicted molar refractivity (Wildman–Crippen MR) is 97.3 cm³/mol. The highest BCUT2D eigenvalue weighted by molar-refractivity contribution is 9.10. The molecule has 2 aromatic rings. The molecule has 122 valence electrons. The van der Waals surface area contributed by atoms with Crippen LogP contribution in [0.4, 0.5) is 5.13 Å². The van der Waals surface area contributed by atoms with E-state index in [1.807, 2.05) is 29.6 Å². The minimum absolute atomic E-state index is 0.0556. The first-order chi connectivity index (χ1) is 11.2. The average molecular weight is 416 g/mol. The van der Waals surface area contributed by atoms with E-state index >= 15 is 0 Å². The third kappa shape index (κ3) is 4.12. The molecule has 0 aliphatic carbocycles. The van der Waals surface area contributed by atoms with Gasteiger partial charge in [-0.15, -0.1) is 22.9 Å². The van der Waals surface area contributed by atoms with Crippen LogP contribution < -0.4 is 4.90 Å². The number of hydrogen-bond acceptors (Lipinski definition) is 4. The molecule has 7 heteroatoms. The number of hydrogen-bond donors (Lipinski definition) is 0. The van der Waals surface area contributed by atoms with Gasteiger partial charge >= 0.3 is 0 Å². The molecular formula is C16H16BrClN2O2S. The molecule has 4 nitrogen and oxygen atoms in total. The van der Waals surface area contributed by atoms with Gasteiger partial charge in [-0.1, -0.05) is 28.1 Å². The largest absolute Gasteiger partial charge is 0.376 e. The van der Waals surface area contributed by atoms with Gasteiger partial charge in [-0.3, -0.25) is 9.69 Å². The van der Waals surface area contributed by atoms with Gasteiger partial charge in [0.25, 0.3) is 0 Å². The minimum Gasteiger partial charge on any atom is -0.376 e. The lowest BCUT2D eigenvalue weighted by molar-refractivity contribution is -0.116. The van der Waals surface area contributed by atoms with E-state index in [1.54, 1.807) is 4.90 Å². The first kappa shape index (κ1) is 16.9. The Kier molecular flexibility index (Phi) is 5.69. The quantitative estimate of drug-likeness (QED) is 0.683. The first-order valence-corrected chi connectivity index (χ1v) is 9.57. The second-order valence-corrected chi connectivity index (χ2v) is 7.31. The maximum atomic E-state index is 12.2. The molecule has 1 aliphatic heterocycles. The molecule has 0 spiro atoms. The third-order valence-corrected chi connectivity index (χ3v) is 5.31. The monoisotopic (exact) mass is 414 g/mol. The van der Waals surface area contributed by atoms with Crippen molar-refractivity contribution in [1.29, 1.82) is 0 Å². The number of rotatable bonds is 5. The van der Waals surface area contributed by atoms with Crippen LogP contribution in [0.3, 0.4) is 0 Å². The van der Waals surface area contributed by atoms with Crippen LogP contribution in [-0.2, 0) is 9.53 Å². The molecule has 0 saturated carbocycles. The molecular weight excluding hydrogens is 400 g/mol. The zero-order chi connectivity index (χ0) is 16.2. The zero-order valence-corrected chi connectivity index (χ0v) is 15.5. The van der Waals surface area contributed by atoms with Gasteiger partial charge in [0.05, 0.1) is 18.3 Å². The van der Waals surface area contributed by atoms with Crippen LogP contribution in [0.15, 0.2) is 34.1 Å². The zero-order valence-electron chi connectivity index (χ0n) is 12.4. The third-order valence-electron chi connectivity index (χ3n) is 3.69. The Morgan fingerprint density at radius 1 is 1.43 bits per heavy atom. The Labute approximate surface area is 152 Å². The Hall–Kier alpha value is -0.950. The highest BCUT2D eigenvalue weighted by atomic mass is 79.9. The van der Waals surface area contributed by atoms with Crippen molar-refractivity contribution in [2.75, 3.05) is 23.9 Å². The lowest BCUT2D eigenvalue weighted by Gasteiger charge is -2.22. The number of anilines is 1.